The molecule has 0 N–H and O–H groups in total. The van der Waals surface area contributed by atoms with Crippen LogP contribution in [0.2, 0.25) is 30.7 Å². The maximum absolute atomic E-state index is 13.5. The summed E-state index contributed by atoms with van der Waals surface area (Å²) in [6, 6.07) is 29.8. The molecule has 264 valence electrons. The molecule has 0 aliphatic rings. The van der Waals surface area contributed by atoms with Crippen LogP contribution in [0.15, 0.2) is 84.9 Å². The van der Waals surface area contributed by atoms with Crippen molar-refractivity contribution in [1.29, 1.82) is 0 Å². The molecule has 0 saturated carbocycles. The van der Waals surface area contributed by atoms with Crippen molar-refractivity contribution >= 4 is 32.7 Å². The number of rotatable bonds is 20. The third kappa shape index (κ3) is 11.9. The first kappa shape index (κ1) is 39.6. The van der Waals surface area contributed by atoms with Crippen LogP contribution in [0.1, 0.15) is 39.2 Å². The second-order valence-electron chi connectivity index (χ2n) is 14.4. The summed E-state index contributed by atoms with van der Waals surface area (Å²) in [7, 11) is 0.558. The minimum absolute atomic E-state index is 0.115. The van der Waals surface area contributed by atoms with E-state index in [0.717, 1.165) is 27.7 Å². The molecule has 1 amide bonds. The van der Waals surface area contributed by atoms with E-state index in [-0.39, 0.29) is 36.9 Å². The number of methoxy groups -OCH3 is 1. The first-order valence-electron chi connectivity index (χ1n) is 16.8. The Kier molecular flexibility index (Phi) is 15.5. The number of carbonyl (C=O) groups is 1. The molecule has 0 aromatic heterocycles. The molecule has 0 spiro atoms. The zero-order chi connectivity index (χ0) is 35.2. The van der Waals surface area contributed by atoms with Gasteiger partial charge in [0.15, 0.2) is 0 Å². The van der Waals surface area contributed by atoms with E-state index in [1.807, 2.05) is 36.4 Å². The maximum Gasteiger partial charge on any atom is 0.261 e. The Bertz CT molecular complexity index is 1310. The molecule has 10 heteroatoms. The number of benzene rings is 3. The molecule has 0 saturated heterocycles. The molecule has 8 nitrogen and oxygen atoms in total. The highest BCUT2D eigenvalue weighted by atomic mass is 28.4. The predicted molar refractivity (Wildman–Crippen MR) is 198 cm³/mol. The molecule has 3 aromatic rings. The van der Waals surface area contributed by atoms with Crippen molar-refractivity contribution in [3.05, 3.63) is 90.5 Å². The van der Waals surface area contributed by atoms with Gasteiger partial charge in [0.05, 0.1) is 46.1 Å². The van der Waals surface area contributed by atoms with Crippen LogP contribution in [0.5, 0.6) is 5.75 Å². The first-order chi connectivity index (χ1) is 22.8. The zero-order valence-electron chi connectivity index (χ0n) is 30.5. The summed E-state index contributed by atoms with van der Waals surface area (Å²) in [6.45, 7) is 15.2. The lowest BCUT2D eigenvalue weighted by Gasteiger charge is -2.45. The fourth-order valence-electron chi connectivity index (χ4n) is 5.63. The van der Waals surface area contributed by atoms with Crippen molar-refractivity contribution in [3.8, 4) is 5.75 Å². The van der Waals surface area contributed by atoms with E-state index in [1.54, 1.807) is 14.2 Å². The van der Waals surface area contributed by atoms with E-state index in [1.165, 1.54) is 12.2 Å². The number of hydroxylamine groups is 2. The molecule has 0 unspecified atom stereocenters. The average Bonchev–Trinajstić information content (AvgIpc) is 3.06. The number of nitrogens with zero attached hydrogens (tertiary/aromatic N) is 1. The van der Waals surface area contributed by atoms with E-state index in [9.17, 15) is 4.79 Å². The third-order valence-corrected chi connectivity index (χ3v) is 15.2. The van der Waals surface area contributed by atoms with E-state index >= 15 is 0 Å². The maximum atomic E-state index is 13.5. The van der Waals surface area contributed by atoms with Gasteiger partial charge in [-0.2, -0.15) is 0 Å². The summed E-state index contributed by atoms with van der Waals surface area (Å²) < 4.78 is 31.3. The smallest absolute Gasteiger partial charge is 0.261 e. The van der Waals surface area contributed by atoms with Gasteiger partial charge in [0, 0.05) is 28.1 Å². The zero-order valence-corrected chi connectivity index (χ0v) is 32.5. The molecule has 0 bridgehead atoms. The fraction of sp³-hybridized carbons (Fsp3) is 0.500. The molecule has 0 aliphatic carbocycles. The number of hydrogen-bond acceptors (Lipinski definition) is 7. The molecule has 0 aliphatic heterocycles. The first-order valence-corrected chi connectivity index (χ1v) is 22.4. The Morgan fingerprint density at radius 1 is 0.812 bits per heavy atom. The normalized spacial score (nSPS) is 13.6. The number of amides is 1. The number of hydrogen-bond donors (Lipinski definition) is 0. The Balaban J connectivity index is 1.97. The quantitative estimate of drug-likeness (QED) is 0.0567. The monoisotopic (exact) mass is 695 g/mol. The largest absolute Gasteiger partial charge is 0.497 e. The molecule has 48 heavy (non-hydrogen) atoms. The Morgan fingerprint density at radius 2 is 1.40 bits per heavy atom. The predicted octanol–water partition coefficient (Wildman–Crippen LogP) is 6.65. The van der Waals surface area contributed by atoms with E-state index < -0.39 is 22.5 Å². The summed E-state index contributed by atoms with van der Waals surface area (Å²) in [4.78, 5) is 18.8. The van der Waals surface area contributed by atoms with Crippen molar-refractivity contribution in [2.24, 2.45) is 0 Å². The average molecular weight is 696 g/mol. The lowest BCUT2D eigenvalue weighted by Crippen LogP contribution is -2.68. The van der Waals surface area contributed by atoms with E-state index in [2.05, 4.69) is 88.9 Å². The summed E-state index contributed by atoms with van der Waals surface area (Å²) in [5, 5.41) is 3.27. The number of carbonyl (C=O) groups excluding carboxylic acids is 1. The third-order valence-electron chi connectivity index (χ3n) is 8.42. The number of ether oxygens (including phenoxy) is 4. The van der Waals surface area contributed by atoms with Crippen LogP contribution in [-0.4, -0.2) is 80.8 Å². The van der Waals surface area contributed by atoms with Gasteiger partial charge in [0.2, 0.25) is 5.91 Å². The molecule has 0 heterocycles. The standard InChI is InChI=1S/C38H57NO7Si2/c1-38(2,3)48(35-16-12-10-13-17-35,36-18-14-11-15-19-36)46-33(27-37(40)39(4)42-6)26-34(29-44-30-43-24-25-47(7,8)9)45-28-31-20-22-32(41-5)23-21-31/h10-23,33-34H,24-30H2,1-9H3/t33-,34-/m1/s1. The minimum Gasteiger partial charge on any atom is -0.497 e. The Hall–Kier alpha value is -2.84. The van der Waals surface area contributed by atoms with Crippen LogP contribution >= 0.6 is 0 Å². The fourth-order valence-corrected chi connectivity index (χ4v) is 11.1. The van der Waals surface area contributed by atoms with Gasteiger partial charge in [-0.15, -0.1) is 0 Å². The highest BCUT2D eigenvalue weighted by Gasteiger charge is 2.51. The minimum atomic E-state index is -3.00. The second-order valence-corrected chi connectivity index (χ2v) is 24.3. The molecule has 3 aromatic carbocycles. The van der Waals surface area contributed by atoms with Gasteiger partial charge in [-0.1, -0.05) is 113 Å². The van der Waals surface area contributed by atoms with Crippen molar-refractivity contribution in [2.75, 3.05) is 41.3 Å². The van der Waals surface area contributed by atoms with Crippen molar-refractivity contribution < 1.29 is 33.0 Å². The van der Waals surface area contributed by atoms with Crippen LogP contribution in [0.4, 0.5) is 0 Å². The van der Waals surface area contributed by atoms with Crippen molar-refractivity contribution in [2.45, 2.75) is 83.2 Å². The van der Waals surface area contributed by atoms with Gasteiger partial charge >= 0.3 is 0 Å². The van der Waals surface area contributed by atoms with Crippen LogP contribution in [0.3, 0.4) is 0 Å². The summed E-state index contributed by atoms with van der Waals surface area (Å²) in [6.07, 6.45) is -0.335. The van der Waals surface area contributed by atoms with Gasteiger partial charge in [0.25, 0.3) is 8.32 Å². The summed E-state index contributed by atoms with van der Waals surface area (Å²) in [5.74, 6) is 0.610. The molecule has 0 radical (unpaired) electrons. The van der Waals surface area contributed by atoms with Gasteiger partial charge in [-0.25, -0.2) is 5.06 Å². The second kappa shape index (κ2) is 18.8. The van der Waals surface area contributed by atoms with Crippen LogP contribution < -0.4 is 15.1 Å². The highest BCUT2D eigenvalue weighted by molar-refractivity contribution is 6.99. The van der Waals surface area contributed by atoms with E-state index in [0.29, 0.717) is 19.6 Å². The van der Waals surface area contributed by atoms with Gasteiger partial charge in [-0.05, 0) is 39.2 Å². The molecule has 0 fully saturated rings. The molecule has 2 atom stereocenters. The summed E-state index contributed by atoms with van der Waals surface area (Å²) in [5.41, 5.74) is 1.01. The Labute approximate surface area is 290 Å². The van der Waals surface area contributed by atoms with Crippen molar-refractivity contribution in [3.63, 3.8) is 0 Å². The van der Waals surface area contributed by atoms with Crippen LogP contribution in [0, 0.1) is 0 Å². The van der Waals surface area contributed by atoms with Gasteiger partial charge in [-0.3, -0.25) is 9.63 Å². The molecular formula is C38H57NO7Si2. The topological polar surface area (TPSA) is 75.7 Å². The van der Waals surface area contributed by atoms with Gasteiger partial charge < -0.3 is 23.4 Å². The highest BCUT2D eigenvalue weighted by Crippen LogP contribution is 2.38. The lowest BCUT2D eigenvalue weighted by molar-refractivity contribution is -0.171. The van der Waals surface area contributed by atoms with Gasteiger partial charge in [0.1, 0.15) is 12.5 Å². The lowest BCUT2D eigenvalue weighted by atomic mass is 10.1. The van der Waals surface area contributed by atoms with Crippen LogP contribution in [-0.2, 0) is 34.9 Å². The molecular weight excluding hydrogens is 639 g/mol. The SMILES string of the molecule is COc1ccc(CO[C@@H](COCOCC[Si](C)(C)C)C[C@H](CC(=O)N(C)OC)O[Si](c2ccccc2)(c2ccccc2)C(C)(C)C)cc1. The van der Waals surface area contributed by atoms with E-state index in [4.69, 9.17) is 28.2 Å². The summed E-state index contributed by atoms with van der Waals surface area (Å²) >= 11 is 0. The molecule has 3 rings (SSSR count). The van der Waals surface area contributed by atoms with Crippen molar-refractivity contribution in [1.82, 2.24) is 5.06 Å². The Morgan fingerprint density at radius 3 is 1.90 bits per heavy atom. The van der Waals surface area contributed by atoms with Crippen LogP contribution in [0.25, 0.3) is 0 Å².